The van der Waals surface area contributed by atoms with Gasteiger partial charge in [-0.3, -0.25) is 9.82 Å². The van der Waals surface area contributed by atoms with Gasteiger partial charge in [0.1, 0.15) is 22.2 Å². The Morgan fingerprint density at radius 2 is 2.05 bits per heavy atom. The smallest absolute Gasteiger partial charge is 0.267 e. The molecule has 4 N–H and O–H groups in total. The highest BCUT2D eigenvalue weighted by Crippen LogP contribution is 2.25. The van der Waals surface area contributed by atoms with Crippen LogP contribution in [-0.2, 0) is 10.0 Å². The van der Waals surface area contributed by atoms with Crippen molar-refractivity contribution in [3.05, 3.63) is 35.5 Å². The third kappa shape index (κ3) is 2.36. The van der Waals surface area contributed by atoms with Gasteiger partial charge in [0, 0.05) is 0 Å². The fraction of sp³-hybridized carbons (Fsp3) is 0.100. The van der Waals surface area contributed by atoms with Crippen LogP contribution in [0.2, 0.25) is 0 Å². The van der Waals surface area contributed by atoms with Crippen LogP contribution in [0.4, 0.5) is 20.3 Å². The molecule has 2 rings (SSSR count). The topological polar surface area (TPSA) is 101 Å². The molecule has 0 saturated carbocycles. The zero-order valence-corrected chi connectivity index (χ0v) is 10.6. The van der Waals surface area contributed by atoms with E-state index >= 15 is 0 Å². The molecule has 0 aliphatic rings. The van der Waals surface area contributed by atoms with E-state index in [-0.39, 0.29) is 16.3 Å². The number of hydrogen-bond donors (Lipinski definition) is 3. The molecule has 0 fully saturated rings. The van der Waals surface area contributed by atoms with Crippen molar-refractivity contribution in [1.29, 1.82) is 0 Å². The molecule has 9 heteroatoms. The maximum absolute atomic E-state index is 13.7. The van der Waals surface area contributed by atoms with E-state index in [0.717, 1.165) is 12.3 Å². The van der Waals surface area contributed by atoms with Gasteiger partial charge in [-0.25, -0.2) is 17.2 Å². The number of nitrogens with two attached hydrogens (primary N) is 1. The second kappa shape index (κ2) is 4.50. The molecule has 102 valence electrons. The average molecular weight is 288 g/mol. The number of hydrogen-bond acceptors (Lipinski definition) is 4. The molecule has 19 heavy (non-hydrogen) atoms. The van der Waals surface area contributed by atoms with Crippen LogP contribution in [0.1, 0.15) is 5.56 Å². The van der Waals surface area contributed by atoms with Crippen molar-refractivity contribution < 1.29 is 17.2 Å². The van der Waals surface area contributed by atoms with E-state index in [2.05, 4.69) is 10.2 Å². The van der Waals surface area contributed by atoms with Crippen LogP contribution in [0, 0.1) is 18.6 Å². The summed E-state index contributed by atoms with van der Waals surface area (Å²) >= 11 is 0. The summed E-state index contributed by atoms with van der Waals surface area (Å²) in [5.41, 5.74) is 4.72. The molecule has 0 spiro atoms. The Bertz CT molecular complexity index is 727. The fourth-order valence-electron chi connectivity index (χ4n) is 1.44. The molecule has 1 aromatic carbocycles. The summed E-state index contributed by atoms with van der Waals surface area (Å²) in [6, 6.07) is 2.17. The standard InChI is InChI=1S/C10H10F2N4O2S/c1-5-2-3-6(11)9(8(5)12)16-19(17,18)7-4-14-15-10(7)13/h2-4,16H,1H3,(H3,13,14,15). The number of nitrogens with one attached hydrogen (secondary N) is 2. The molecule has 1 aromatic heterocycles. The average Bonchev–Trinajstić information content (AvgIpc) is 2.77. The summed E-state index contributed by atoms with van der Waals surface area (Å²) in [5, 5.41) is 5.66. The predicted molar refractivity (Wildman–Crippen MR) is 64.9 cm³/mol. The summed E-state index contributed by atoms with van der Waals surface area (Å²) in [6.07, 6.45) is 0.948. The number of rotatable bonds is 3. The van der Waals surface area contributed by atoms with E-state index in [1.807, 2.05) is 4.72 Å². The van der Waals surface area contributed by atoms with Gasteiger partial charge in [-0.15, -0.1) is 0 Å². The molecule has 0 bridgehead atoms. The van der Waals surface area contributed by atoms with Crippen LogP contribution < -0.4 is 10.5 Å². The minimum atomic E-state index is -4.21. The third-order valence-corrected chi connectivity index (χ3v) is 3.82. The minimum absolute atomic E-state index is 0.110. The Morgan fingerprint density at radius 3 is 2.63 bits per heavy atom. The maximum atomic E-state index is 13.7. The zero-order chi connectivity index (χ0) is 14.2. The Balaban J connectivity index is 2.48. The van der Waals surface area contributed by atoms with E-state index in [1.165, 1.54) is 13.0 Å². The molecule has 0 radical (unpaired) electrons. The lowest BCUT2D eigenvalue weighted by molar-refractivity contribution is 0.579. The predicted octanol–water partition coefficient (Wildman–Crippen LogP) is 1.38. The van der Waals surface area contributed by atoms with Crippen molar-refractivity contribution in [2.24, 2.45) is 0 Å². The molecule has 0 atom stereocenters. The van der Waals surface area contributed by atoms with E-state index in [1.54, 1.807) is 0 Å². The van der Waals surface area contributed by atoms with Gasteiger partial charge in [0.25, 0.3) is 10.0 Å². The van der Waals surface area contributed by atoms with E-state index in [4.69, 9.17) is 5.73 Å². The minimum Gasteiger partial charge on any atom is -0.383 e. The highest BCUT2D eigenvalue weighted by Gasteiger charge is 2.23. The number of sulfonamides is 1. The first-order chi connectivity index (χ1) is 8.83. The zero-order valence-electron chi connectivity index (χ0n) is 9.74. The van der Waals surface area contributed by atoms with Gasteiger partial charge < -0.3 is 5.73 Å². The van der Waals surface area contributed by atoms with Crippen molar-refractivity contribution in [2.75, 3.05) is 10.5 Å². The van der Waals surface area contributed by atoms with Crippen molar-refractivity contribution in [2.45, 2.75) is 11.8 Å². The van der Waals surface area contributed by atoms with Crippen molar-refractivity contribution in [3.8, 4) is 0 Å². The Morgan fingerprint density at radius 1 is 1.37 bits per heavy atom. The molecule has 0 amide bonds. The lowest BCUT2D eigenvalue weighted by Crippen LogP contribution is -2.16. The van der Waals surface area contributed by atoms with Crippen LogP contribution in [0.3, 0.4) is 0 Å². The molecule has 0 aliphatic heterocycles. The second-order valence-corrected chi connectivity index (χ2v) is 5.46. The number of halogens is 2. The summed E-state index contributed by atoms with van der Waals surface area (Å²) in [5.74, 6) is -2.22. The van der Waals surface area contributed by atoms with Gasteiger partial charge in [0.15, 0.2) is 5.82 Å². The quantitative estimate of drug-likeness (QED) is 0.794. The first-order valence-corrected chi connectivity index (χ1v) is 6.57. The van der Waals surface area contributed by atoms with Crippen molar-refractivity contribution >= 4 is 21.5 Å². The van der Waals surface area contributed by atoms with Gasteiger partial charge in [-0.05, 0) is 18.6 Å². The van der Waals surface area contributed by atoms with Crippen LogP contribution in [-0.4, -0.2) is 18.6 Å². The van der Waals surface area contributed by atoms with Crippen LogP contribution >= 0.6 is 0 Å². The highest BCUT2D eigenvalue weighted by atomic mass is 32.2. The monoisotopic (exact) mass is 288 g/mol. The van der Waals surface area contributed by atoms with Gasteiger partial charge in [-0.1, -0.05) is 6.07 Å². The fourth-order valence-corrected chi connectivity index (χ4v) is 2.53. The van der Waals surface area contributed by atoms with E-state index in [9.17, 15) is 17.2 Å². The summed E-state index contributed by atoms with van der Waals surface area (Å²) in [7, 11) is -4.21. The van der Waals surface area contributed by atoms with Crippen LogP contribution in [0.25, 0.3) is 0 Å². The third-order valence-electron chi connectivity index (χ3n) is 2.44. The van der Waals surface area contributed by atoms with Gasteiger partial charge in [0.05, 0.1) is 6.20 Å². The number of aromatic amines is 1. The molecule has 1 heterocycles. The number of nitrogen functional groups attached to an aromatic ring is 1. The van der Waals surface area contributed by atoms with Crippen LogP contribution in [0.15, 0.2) is 23.2 Å². The molecule has 0 unspecified atom stereocenters. The number of anilines is 2. The SMILES string of the molecule is Cc1ccc(F)c(NS(=O)(=O)c2cn[nH]c2N)c1F. The van der Waals surface area contributed by atoms with Crippen molar-refractivity contribution in [3.63, 3.8) is 0 Å². The number of aryl methyl sites for hydroxylation is 1. The Hall–Kier alpha value is -2.16. The Kier molecular flexibility index (Phi) is 3.14. The number of benzene rings is 1. The Labute approximate surface area is 107 Å². The molecule has 6 nitrogen and oxygen atoms in total. The first kappa shape index (κ1) is 13.3. The number of aromatic nitrogens is 2. The second-order valence-electron chi connectivity index (χ2n) is 3.81. The molecular formula is C10H10F2N4O2S. The van der Waals surface area contributed by atoms with E-state index in [0.29, 0.717) is 0 Å². The molecule has 0 aliphatic carbocycles. The summed E-state index contributed by atoms with van der Waals surface area (Å²) < 4.78 is 52.8. The number of H-pyrrole nitrogens is 1. The summed E-state index contributed by atoms with van der Waals surface area (Å²) in [4.78, 5) is -0.382. The van der Waals surface area contributed by atoms with Gasteiger partial charge in [-0.2, -0.15) is 5.10 Å². The first-order valence-electron chi connectivity index (χ1n) is 5.09. The van der Waals surface area contributed by atoms with Gasteiger partial charge in [0.2, 0.25) is 0 Å². The van der Waals surface area contributed by atoms with Gasteiger partial charge >= 0.3 is 0 Å². The number of nitrogens with zero attached hydrogens (tertiary/aromatic N) is 1. The largest absolute Gasteiger partial charge is 0.383 e. The molecule has 2 aromatic rings. The maximum Gasteiger partial charge on any atom is 0.267 e. The van der Waals surface area contributed by atoms with Crippen LogP contribution in [0.5, 0.6) is 0 Å². The van der Waals surface area contributed by atoms with E-state index < -0.39 is 27.3 Å². The normalized spacial score (nSPS) is 11.5. The molecule has 0 saturated heterocycles. The summed E-state index contributed by atoms with van der Waals surface area (Å²) in [6.45, 7) is 1.39. The lowest BCUT2D eigenvalue weighted by atomic mass is 10.2. The van der Waals surface area contributed by atoms with Crippen molar-refractivity contribution in [1.82, 2.24) is 10.2 Å². The lowest BCUT2D eigenvalue weighted by Gasteiger charge is -2.10. The molecular weight excluding hydrogens is 278 g/mol. The highest BCUT2D eigenvalue weighted by molar-refractivity contribution is 7.92.